The summed E-state index contributed by atoms with van der Waals surface area (Å²) < 4.78 is 0. The second-order valence-electron chi connectivity index (χ2n) is 6.99. The molecule has 1 atom stereocenters. The van der Waals surface area contributed by atoms with Gasteiger partial charge in [0.1, 0.15) is 0 Å². The van der Waals surface area contributed by atoms with Crippen molar-refractivity contribution in [1.82, 2.24) is 0 Å². The number of anilines is 2. The highest BCUT2D eigenvalue weighted by Gasteiger charge is 2.17. The molecule has 0 radical (unpaired) electrons. The molecule has 0 saturated carbocycles. The van der Waals surface area contributed by atoms with E-state index in [1.165, 1.54) is 18.5 Å². The maximum absolute atomic E-state index is 12.3. The van der Waals surface area contributed by atoms with Gasteiger partial charge in [-0.2, -0.15) is 0 Å². The summed E-state index contributed by atoms with van der Waals surface area (Å²) in [5.41, 5.74) is 9.13. The van der Waals surface area contributed by atoms with E-state index in [-0.39, 0.29) is 18.4 Å². The fourth-order valence-electron chi connectivity index (χ4n) is 3.28. The first-order valence-electron chi connectivity index (χ1n) is 9.07. The van der Waals surface area contributed by atoms with E-state index in [1.807, 2.05) is 42.5 Å². The van der Waals surface area contributed by atoms with Crippen molar-refractivity contribution in [3.63, 3.8) is 0 Å². The lowest BCUT2D eigenvalue weighted by Gasteiger charge is -2.32. The quantitative estimate of drug-likeness (QED) is 0.868. The molecule has 25 heavy (non-hydrogen) atoms. The van der Waals surface area contributed by atoms with Crippen LogP contribution in [0.15, 0.2) is 54.6 Å². The average Bonchev–Trinajstić information content (AvgIpc) is 2.63. The Morgan fingerprint density at radius 1 is 1.16 bits per heavy atom. The van der Waals surface area contributed by atoms with Crippen LogP contribution in [-0.2, 0) is 4.79 Å². The third kappa shape index (κ3) is 4.83. The normalized spacial score (nSPS) is 16.5. The molecular formula is C21H27N3O. The highest BCUT2D eigenvalue weighted by atomic mass is 16.1. The van der Waals surface area contributed by atoms with Gasteiger partial charge in [0.05, 0.1) is 0 Å². The third-order valence-electron chi connectivity index (χ3n) is 4.91. The van der Waals surface area contributed by atoms with Gasteiger partial charge in [-0.1, -0.05) is 43.3 Å². The zero-order chi connectivity index (χ0) is 17.6. The van der Waals surface area contributed by atoms with E-state index >= 15 is 0 Å². The number of nitrogens with one attached hydrogen (secondary N) is 1. The largest absolute Gasteiger partial charge is 0.371 e. The topological polar surface area (TPSA) is 58.4 Å². The Kier molecular flexibility index (Phi) is 5.71. The summed E-state index contributed by atoms with van der Waals surface area (Å²) in [6, 6.07) is 17.6. The zero-order valence-corrected chi connectivity index (χ0v) is 14.8. The maximum atomic E-state index is 12.3. The number of hydrogen-bond acceptors (Lipinski definition) is 3. The standard InChI is InChI=1S/C21H27N3O/c1-16-10-12-24(13-11-16)19-9-5-8-18(14-19)23-21(25)15-20(22)17-6-3-2-4-7-17/h2-9,14,16,20H,10-13,15,22H2,1H3,(H,23,25). The van der Waals surface area contributed by atoms with Crippen molar-refractivity contribution in [3.05, 3.63) is 60.2 Å². The van der Waals surface area contributed by atoms with Crippen LogP contribution in [0.3, 0.4) is 0 Å². The number of piperidine rings is 1. The molecule has 132 valence electrons. The van der Waals surface area contributed by atoms with E-state index in [4.69, 9.17) is 5.73 Å². The van der Waals surface area contributed by atoms with E-state index in [2.05, 4.69) is 29.3 Å². The molecule has 4 heteroatoms. The summed E-state index contributed by atoms with van der Waals surface area (Å²) in [6.45, 7) is 4.47. The molecule has 0 bridgehead atoms. The van der Waals surface area contributed by atoms with Gasteiger partial charge < -0.3 is 16.0 Å². The molecule has 1 aliphatic heterocycles. The lowest BCUT2D eigenvalue weighted by Crippen LogP contribution is -2.32. The Balaban J connectivity index is 1.59. The summed E-state index contributed by atoms with van der Waals surface area (Å²) >= 11 is 0. The molecule has 1 amide bonds. The summed E-state index contributed by atoms with van der Waals surface area (Å²) in [5.74, 6) is 0.749. The summed E-state index contributed by atoms with van der Waals surface area (Å²) in [5, 5.41) is 2.99. The minimum absolute atomic E-state index is 0.0548. The van der Waals surface area contributed by atoms with E-state index in [1.54, 1.807) is 0 Å². The summed E-state index contributed by atoms with van der Waals surface area (Å²) in [6.07, 6.45) is 2.72. The van der Waals surface area contributed by atoms with Crippen LogP contribution in [0.4, 0.5) is 11.4 Å². The van der Waals surface area contributed by atoms with Crippen LogP contribution >= 0.6 is 0 Å². The van der Waals surface area contributed by atoms with Gasteiger partial charge >= 0.3 is 0 Å². The molecule has 3 rings (SSSR count). The highest BCUT2D eigenvalue weighted by Crippen LogP contribution is 2.25. The van der Waals surface area contributed by atoms with Gasteiger partial charge in [-0.05, 0) is 42.5 Å². The summed E-state index contributed by atoms with van der Waals surface area (Å²) in [7, 11) is 0. The minimum atomic E-state index is -0.284. The fourth-order valence-corrected chi connectivity index (χ4v) is 3.28. The molecule has 3 N–H and O–H groups in total. The monoisotopic (exact) mass is 337 g/mol. The molecule has 1 saturated heterocycles. The molecule has 2 aromatic carbocycles. The number of benzene rings is 2. The SMILES string of the molecule is CC1CCN(c2cccc(NC(=O)CC(N)c3ccccc3)c2)CC1. The lowest BCUT2D eigenvalue weighted by atomic mass is 9.99. The van der Waals surface area contributed by atoms with Gasteiger partial charge in [0.25, 0.3) is 0 Å². The van der Waals surface area contributed by atoms with Crippen LogP contribution in [0.5, 0.6) is 0 Å². The van der Waals surface area contributed by atoms with Crippen molar-refractivity contribution >= 4 is 17.3 Å². The molecule has 1 heterocycles. The molecule has 0 spiro atoms. The van der Waals surface area contributed by atoms with E-state index in [0.29, 0.717) is 0 Å². The number of nitrogens with zero attached hydrogens (tertiary/aromatic N) is 1. The van der Waals surface area contributed by atoms with Gasteiger partial charge in [-0.25, -0.2) is 0 Å². The van der Waals surface area contributed by atoms with Gasteiger partial charge in [0.2, 0.25) is 5.91 Å². The minimum Gasteiger partial charge on any atom is -0.371 e. The molecule has 2 aromatic rings. The second-order valence-corrected chi connectivity index (χ2v) is 6.99. The van der Waals surface area contributed by atoms with E-state index in [0.717, 1.165) is 30.3 Å². The first kappa shape index (κ1) is 17.5. The molecular weight excluding hydrogens is 310 g/mol. The van der Waals surface area contributed by atoms with Crippen molar-refractivity contribution in [2.45, 2.75) is 32.2 Å². The lowest BCUT2D eigenvalue weighted by molar-refractivity contribution is -0.116. The van der Waals surface area contributed by atoms with Gasteiger partial charge in [0, 0.05) is 36.9 Å². The fraction of sp³-hybridized carbons (Fsp3) is 0.381. The highest BCUT2D eigenvalue weighted by molar-refractivity contribution is 5.91. The van der Waals surface area contributed by atoms with Crippen molar-refractivity contribution in [2.24, 2.45) is 11.7 Å². The first-order valence-corrected chi connectivity index (χ1v) is 9.07. The Morgan fingerprint density at radius 3 is 2.60 bits per heavy atom. The van der Waals surface area contributed by atoms with Gasteiger partial charge in [0.15, 0.2) is 0 Å². The number of carbonyl (C=O) groups excluding carboxylic acids is 1. The van der Waals surface area contributed by atoms with Crippen LogP contribution in [0, 0.1) is 5.92 Å². The van der Waals surface area contributed by atoms with Crippen LogP contribution in [0.2, 0.25) is 0 Å². The smallest absolute Gasteiger partial charge is 0.226 e. The molecule has 0 aromatic heterocycles. The Hall–Kier alpha value is -2.33. The molecule has 4 nitrogen and oxygen atoms in total. The van der Waals surface area contributed by atoms with Crippen molar-refractivity contribution in [2.75, 3.05) is 23.3 Å². The van der Waals surface area contributed by atoms with Crippen molar-refractivity contribution in [3.8, 4) is 0 Å². The van der Waals surface area contributed by atoms with Crippen molar-refractivity contribution in [1.29, 1.82) is 0 Å². The van der Waals surface area contributed by atoms with Crippen molar-refractivity contribution < 1.29 is 4.79 Å². The van der Waals surface area contributed by atoms with E-state index < -0.39 is 0 Å². The van der Waals surface area contributed by atoms with Crippen LogP contribution in [0.1, 0.15) is 37.8 Å². The van der Waals surface area contributed by atoms with Crippen LogP contribution in [0.25, 0.3) is 0 Å². The number of nitrogens with two attached hydrogens (primary N) is 1. The molecule has 0 aliphatic carbocycles. The summed E-state index contributed by atoms with van der Waals surface area (Å²) in [4.78, 5) is 14.7. The maximum Gasteiger partial charge on any atom is 0.226 e. The molecule has 1 unspecified atom stereocenters. The second kappa shape index (κ2) is 8.17. The zero-order valence-electron chi connectivity index (χ0n) is 14.8. The predicted molar refractivity (Wildman–Crippen MR) is 104 cm³/mol. The predicted octanol–water partition coefficient (Wildman–Crippen LogP) is 3.95. The number of amides is 1. The van der Waals surface area contributed by atoms with Crippen LogP contribution in [-0.4, -0.2) is 19.0 Å². The Morgan fingerprint density at radius 2 is 1.88 bits per heavy atom. The molecule has 1 aliphatic rings. The molecule has 1 fully saturated rings. The van der Waals surface area contributed by atoms with Crippen LogP contribution < -0.4 is 16.0 Å². The number of carbonyl (C=O) groups is 1. The Bertz CT molecular complexity index is 693. The Labute approximate surface area is 150 Å². The first-order chi connectivity index (χ1) is 12.1. The van der Waals surface area contributed by atoms with E-state index in [9.17, 15) is 4.79 Å². The third-order valence-corrected chi connectivity index (χ3v) is 4.91. The number of rotatable bonds is 5. The van der Waals surface area contributed by atoms with Gasteiger partial charge in [-0.15, -0.1) is 0 Å². The average molecular weight is 337 g/mol. The van der Waals surface area contributed by atoms with Gasteiger partial charge in [-0.3, -0.25) is 4.79 Å². The number of hydrogen-bond donors (Lipinski definition) is 2.